The zero-order valence-corrected chi connectivity index (χ0v) is 13.3. The summed E-state index contributed by atoms with van der Waals surface area (Å²) in [6.07, 6.45) is 2.71. The van der Waals surface area contributed by atoms with Crippen LogP contribution >= 0.6 is 0 Å². The van der Waals surface area contributed by atoms with Crippen molar-refractivity contribution in [3.63, 3.8) is 0 Å². The molecule has 2 fully saturated rings. The molecule has 0 spiro atoms. The first-order valence-corrected chi connectivity index (χ1v) is 8.20. The summed E-state index contributed by atoms with van der Waals surface area (Å²) in [5.74, 6) is -1.07. The second-order valence-electron chi connectivity index (χ2n) is 7.04. The molecule has 4 nitrogen and oxygen atoms in total. The number of nitrogens with zero attached hydrogens (tertiary/aromatic N) is 1. The smallest absolute Gasteiger partial charge is 0.310 e. The van der Waals surface area contributed by atoms with Gasteiger partial charge in [0, 0.05) is 18.5 Å². The predicted molar refractivity (Wildman–Crippen MR) is 83.2 cm³/mol. The Balaban J connectivity index is 1.81. The third-order valence-electron chi connectivity index (χ3n) is 5.35. The molecular weight excluding hydrogens is 297 g/mol. The van der Waals surface area contributed by atoms with Crippen molar-refractivity contribution >= 4 is 11.9 Å². The van der Waals surface area contributed by atoms with Crippen molar-refractivity contribution in [1.29, 1.82) is 0 Å². The summed E-state index contributed by atoms with van der Waals surface area (Å²) in [4.78, 5) is 25.9. The van der Waals surface area contributed by atoms with E-state index < -0.39 is 11.4 Å². The number of aliphatic carboxylic acids is 1. The van der Waals surface area contributed by atoms with Crippen LogP contribution in [0.4, 0.5) is 4.39 Å². The van der Waals surface area contributed by atoms with Crippen LogP contribution < -0.4 is 0 Å². The zero-order chi connectivity index (χ0) is 16.6. The SMILES string of the molecule is CC1CC(c2ccccc2F)N(C(=O)CC2(C(=O)O)CCC2)C1. The van der Waals surface area contributed by atoms with E-state index in [0.717, 1.165) is 6.42 Å². The fraction of sp³-hybridized carbons (Fsp3) is 0.556. The van der Waals surface area contributed by atoms with E-state index in [1.807, 2.05) is 6.92 Å². The molecule has 1 aliphatic carbocycles. The van der Waals surface area contributed by atoms with Gasteiger partial charge < -0.3 is 10.0 Å². The summed E-state index contributed by atoms with van der Waals surface area (Å²) in [6, 6.07) is 6.25. The van der Waals surface area contributed by atoms with Gasteiger partial charge in [-0.2, -0.15) is 0 Å². The van der Waals surface area contributed by atoms with Crippen molar-refractivity contribution < 1.29 is 19.1 Å². The van der Waals surface area contributed by atoms with Crippen LogP contribution in [0.2, 0.25) is 0 Å². The first-order chi connectivity index (χ1) is 10.9. The molecule has 2 unspecified atom stereocenters. The lowest BCUT2D eigenvalue weighted by molar-refractivity contribution is -0.159. The number of halogens is 1. The highest BCUT2D eigenvalue weighted by Gasteiger charge is 2.48. The fourth-order valence-electron chi connectivity index (χ4n) is 3.82. The molecular formula is C18H22FNO3. The maximum Gasteiger partial charge on any atom is 0.310 e. The van der Waals surface area contributed by atoms with Crippen LogP contribution in [0.3, 0.4) is 0 Å². The Morgan fingerprint density at radius 3 is 2.61 bits per heavy atom. The Bertz CT molecular complexity index is 626. The van der Waals surface area contributed by atoms with Crippen LogP contribution in [-0.4, -0.2) is 28.4 Å². The Labute approximate surface area is 135 Å². The van der Waals surface area contributed by atoms with Gasteiger partial charge in [-0.3, -0.25) is 9.59 Å². The van der Waals surface area contributed by atoms with Crippen LogP contribution in [0.1, 0.15) is 50.6 Å². The van der Waals surface area contributed by atoms with Gasteiger partial charge in [0.1, 0.15) is 5.82 Å². The van der Waals surface area contributed by atoms with E-state index >= 15 is 0 Å². The van der Waals surface area contributed by atoms with E-state index in [1.165, 1.54) is 6.07 Å². The molecule has 1 aliphatic heterocycles. The highest BCUT2D eigenvalue weighted by Crippen LogP contribution is 2.46. The zero-order valence-electron chi connectivity index (χ0n) is 13.3. The maximum absolute atomic E-state index is 14.1. The summed E-state index contributed by atoms with van der Waals surface area (Å²) >= 11 is 0. The molecule has 0 radical (unpaired) electrons. The molecule has 2 aliphatic rings. The van der Waals surface area contributed by atoms with Gasteiger partial charge >= 0.3 is 5.97 Å². The van der Waals surface area contributed by atoms with Gasteiger partial charge in [0.15, 0.2) is 0 Å². The highest BCUT2D eigenvalue weighted by molar-refractivity contribution is 5.86. The number of benzene rings is 1. The Morgan fingerprint density at radius 2 is 2.04 bits per heavy atom. The molecule has 1 N–H and O–H groups in total. The third-order valence-corrected chi connectivity index (χ3v) is 5.35. The molecule has 2 atom stereocenters. The minimum atomic E-state index is -0.900. The monoisotopic (exact) mass is 319 g/mol. The first kappa shape index (κ1) is 16.0. The van der Waals surface area contributed by atoms with Crippen molar-refractivity contribution in [3.8, 4) is 0 Å². The van der Waals surface area contributed by atoms with Gasteiger partial charge in [0.2, 0.25) is 5.91 Å². The van der Waals surface area contributed by atoms with E-state index in [-0.39, 0.29) is 30.1 Å². The number of rotatable bonds is 4. The molecule has 0 aromatic heterocycles. The summed E-state index contributed by atoms with van der Waals surface area (Å²) in [5, 5.41) is 9.42. The third kappa shape index (κ3) is 2.84. The van der Waals surface area contributed by atoms with Crippen molar-refractivity contribution in [1.82, 2.24) is 4.90 Å². The van der Waals surface area contributed by atoms with Crippen LogP contribution in [0.15, 0.2) is 24.3 Å². The van der Waals surface area contributed by atoms with Gasteiger partial charge in [-0.1, -0.05) is 31.5 Å². The number of amides is 1. The Hall–Kier alpha value is -1.91. The molecule has 1 amide bonds. The van der Waals surface area contributed by atoms with E-state index in [1.54, 1.807) is 23.1 Å². The van der Waals surface area contributed by atoms with Gasteiger partial charge in [0.05, 0.1) is 11.5 Å². The largest absolute Gasteiger partial charge is 0.481 e. The second kappa shape index (κ2) is 5.95. The first-order valence-electron chi connectivity index (χ1n) is 8.20. The number of carbonyl (C=O) groups excluding carboxylic acids is 1. The number of carboxylic acids is 1. The van der Waals surface area contributed by atoms with Gasteiger partial charge in [-0.25, -0.2) is 4.39 Å². The standard InChI is InChI=1S/C18H22FNO3/c1-12-9-15(13-5-2-3-6-14(13)19)20(11-12)16(21)10-18(17(22)23)7-4-8-18/h2-3,5-6,12,15H,4,7-11H2,1H3,(H,22,23). The normalized spacial score (nSPS) is 25.9. The quantitative estimate of drug-likeness (QED) is 0.925. The summed E-state index contributed by atoms with van der Waals surface area (Å²) in [7, 11) is 0. The Morgan fingerprint density at radius 1 is 1.35 bits per heavy atom. The fourth-order valence-corrected chi connectivity index (χ4v) is 3.82. The van der Waals surface area contributed by atoms with Crippen LogP contribution in [0, 0.1) is 17.2 Å². The average Bonchev–Trinajstić information content (AvgIpc) is 2.84. The number of likely N-dealkylation sites (tertiary alicyclic amines) is 1. The summed E-state index contributed by atoms with van der Waals surface area (Å²) in [6.45, 7) is 2.60. The van der Waals surface area contributed by atoms with E-state index in [2.05, 4.69) is 0 Å². The van der Waals surface area contributed by atoms with Crippen LogP contribution in [-0.2, 0) is 9.59 Å². The molecule has 124 valence electrons. The van der Waals surface area contributed by atoms with Crippen LogP contribution in [0.25, 0.3) is 0 Å². The number of carbonyl (C=O) groups is 2. The van der Waals surface area contributed by atoms with Crippen LogP contribution in [0.5, 0.6) is 0 Å². The minimum absolute atomic E-state index is 0.0278. The van der Waals surface area contributed by atoms with E-state index in [0.29, 0.717) is 31.4 Å². The van der Waals surface area contributed by atoms with E-state index in [9.17, 15) is 19.1 Å². The lowest BCUT2D eigenvalue weighted by Gasteiger charge is -2.38. The number of hydrogen-bond donors (Lipinski definition) is 1. The average molecular weight is 319 g/mol. The van der Waals surface area contributed by atoms with Gasteiger partial charge in [0.25, 0.3) is 0 Å². The topological polar surface area (TPSA) is 57.6 Å². The molecule has 3 rings (SSSR count). The highest BCUT2D eigenvalue weighted by atomic mass is 19.1. The van der Waals surface area contributed by atoms with E-state index in [4.69, 9.17) is 0 Å². The molecule has 23 heavy (non-hydrogen) atoms. The molecule has 5 heteroatoms. The van der Waals surface area contributed by atoms with Crippen molar-refractivity contribution in [2.75, 3.05) is 6.54 Å². The maximum atomic E-state index is 14.1. The predicted octanol–water partition coefficient (Wildman–Crippen LogP) is 3.38. The molecule has 1 saturated heterocycles. The van der Waals surface area contributed by atoms with Gasteiger partial charge in [-0.15, -0.1) is 0 Å². The summed E-state index contributed by atoms with van der Waals surface area (Å²) < 4.78 is 14.1. The molecule has 1 heterocycles. The Kier molecular flexibility index (Phi) is 4.13. The minimum Gasteiger partial charge on any atom is -0.481 e. The summed E-state index contributed by atoms with van der Waals surface area (Å²) in [5.41, 5.74) is -0.369. The van der Waals surface area contributed by atoms with Gasteiger partial charge in [-0.05, 0) is 31.2 Å². The second-order valence-corrected chi connectivity index (χ2v) is 7.04. The molecule has 0 bridgehead atoms. The molecule has 1 saturated carbocycles. The van der Waals surface area contributed by atoms with Crippen molar-refractivity contribution in [2.24, 2.45) is 11.3 Å². The number of hydrogen-bond acceptors (Lipinski definition) is 2. The molecule has 1 aromatic carbocycles. The molecule has 1 aromatic rings. The number of carboxylic acid groups (broad SMARTS) is 1. The van der Waals surface area contributed by atoms with Crippen molar-refractivity contribution in [3.05, 3.63) is 35.6 Å². The van der Waals surface area contributed by atoms with Crippen molar-refractivity contribution in [2.45, 2.75) is 45.1 Å². The lowest BCUT2D eigenvalue weighted by atomic mass is 9.66. The lowest BCUT2D eigenvalue weighted by Crippen LogP contribution is -2.43.